The van der Waals surface area contributed by atoms with E-state index in [2.05, 4.69) is 0 Å². The lowest BCUT2D eigenvalue weighted by molar-refractivity contribution is -0.140. The Morgan fingerprint density at radius 3 is 2.30 bits per heavy atom. The summed E-state index contributed by atoms with van der Waals surface area (Å²) in [5.41, 5.74) is 0.645. The number of carbonyl (C=O) groups is 1. The van der Waals surface area contributed by atoms with Gasteiger partial charge in [-0.15, -0.1) is 0 Å². The number of methoxy groups -OCH3 is 2. The average molecular weight is 299 g/mol. The van der Waals surface area contributed by atoms with Crippen LogP contribution in [-0.4, -0.2) is 25.3 Å². The molecule has 1 aromatic rings. The number of benzene rings is 1. The van der Waals surface area contributed by atoms with Crippen molar-refractivity contribution in [2.24, 2.45) is 0 Å². The van der Waals surface area contributed by atoms with E-state index in [0.29, 0.717) is 34.9 Å². The highest BCUT2D eigenvalue weighted by Gasteiger charge is 2.54. The fourth-order valence-corrected chi connectivity index (χ4v) is 3.10. The normalized spacial score (nSPS) is 16.1. The molecule has 0 bridgehead atoms. The van der Waals surface area contributed by atoms with Crippen LogP contribution in [0.2, 0.25) is 5.02 Å². The highest BCUT2D eigenvalue weighted by molar-refractivity contribution is 6.32. The molecule has 0 spiro atoms. The van der Waals surface area contributed by atoms with Gasteiger partial charge in [-0.2, -0.15) is 0 Å². The van der Waals surface area contributed by atoms with Crippen molar-refractivity contribution in [1.82, 2.24) is 0 Å². The molecule has 2 rings (SSSR count). The van der Waals surface area contributed by atoms with E-state index < -0.39 is 11.4 Å². The number of carboxylic acids is 1. The van der Waals surface area contributed by atoms with Gasteiger partial charge in [-0.25, -0.2) is 0 Å². The zero-order chi connectivity index (χ0) is 15.1. The summed E-state index contributed by atoms with van der Waals surface area (Å²) in [6.45, 7) is 3.99. The third kappa shape index (κ3) is 2.12. The minimum Gasteiger partial charge on any atom is -0.493 e. The van der Waals surface area contributed by atoms with Gasteiger partial charge in [0.1, 0.15) is 0 Å². The molecule has 1 saturated carbocycles. The molecular weight excluding hydrogens is 280 g/mol. The first kappa shape index (κ1) is 15.0. The zero-order valence-corrected chi connectivity index (χ0v) is 12.9. The quantitative estimate of drug-likeness (QED) is 0.902. The van der Waals surface area contributed by atoms with E-state index in [1.165, 1.54) is 0 Å². The van der Waals surface area contributed by atoms with Crippen LogP contribution in [0, 0.1) is 0 Å². The average Bonchev–Trinajstić information content (AvgIpc) is 3.18. The van der Waals surface area contributed by atoms with Crippen molar-refractivity contribution in [3.63, 3.8) is 0 Å². The fraction of sp³-hybridized carbons (Fsp3) is 0.533. The number of halogens is 1. The molecule has 20 heavy (non-hydrogen) atoms. The molecule has 4 nitrogen and oxygen atoms in total. The molecule has 0 aromatic heterocycles. The predicted molar refractivity (Wildman–Crippen MR) is 77.2 cm³/mol. The second kappa shape index (κ2) is 5.17. The van der Waals surface area contributed by atoms with Crippen molar-refractivity contribution < 1.29 is 19.4 Å². The Morgan fingerprint density at radius 1 is 1.35 bits per heavy atom. The van der Waals surface area contributed by atoms with E-state index in [4.69, 9.17) is 21.1 Å². The van der Waals surface area contributed by atoms with Gasteiger partial charge in [0, 0.05) is 16.7 Å². The number of ether oxygens (including phenoxy) is 2. The number of aliphatic carboxylic acids is 1. The molecule has 0 saturated heterocycles. The first-order valence-electron chi connectivity index (χ1n) is 6.57. The summed E-state index contributed by atoms with van der Waals surface area (Å²) in [7, 11) is 3.10. The van der Waals surface area contributed by atoms with Crippen LogP contribution in [0.15, 0.2) is 6.07 Å². The molecule has 0 heterocycles. The third-order valence-corrected chi connectivity index (χ3v) is 4.17. The van der Waals surface area contributed by atoms with Gasteiger partial charge in [-0.05, 0) is 24.3 Å². The van der Waals surface area contributed by atoms with Crippen molar-refractivity contribution >= 4 is 17.6 Å². The molecular formula is C15H19ClO4. The third-order valence-electron chi connectivity index (χ3n) is 3.87. The van der Waals surface area contributed by atoms with Crippen molar-refractivity contribution in [2.45, 2.75) is 38.0 Å². The fourth-order valence-electron chi connectivity index (χ4n) is 2.72. The summed E-state index contributed by atoms with van der Waals surface area (Å²) in [6.07, 6.45) is 1.22. The van der Waals surface area contributed by atoms with Gasteiger partial charge in [-0.3, -0.25) is 4.79 Å². The summed E-state index contributed by atoms with van der Waals surface area (Å²) >= 11 is 6.36. The molecule has 0 aliphatic heterocycles. The lowest BCUT2D eigenvalue weighted by Gasteiger charge is -2.24. The molecule has 110 valence electrons. The molecule has 1 aliphatic carbocycles. The minimum absolute atomic E-state index is 0.0874. The maximum Gasteiger partial charge on any atom is 0.314 e. The van der Waals surface area contributed by atoms with E-state index in [9.17, 15) is 9.90 Å². The van der Waals surface area contributed by atoms with Crippen LogP contribution in [0.3, 0.4) is 0 Å². The van der Waals surface area contributed by atoms with Gasteiger partial charge >= 0.3 is 5.97 Å². The van der Waals surface area contributed by atoms with E-state index >= 15 is 0 Å². The van der Waals surface area contributed by atoms with Crippen LogP contribution in [0.25, 0.3) is 0 Å². The Labute approximate surface area is 123 Å². The Kier molecular flexibility index (Phi) is 3.87. The van der Waals surface area contributed by atoms with Crippen molar-refractivity contribution in [2.75, 3.05) is 14.2 Å². The molecule has 0 amide bonds. The maximum absolute atomic E-state index is 11.6. The van der Waals surface area contributed by atoms with Gasteiger partial charge in [0.15, 0.2) is 11.5 Å². The second-order valence-corrected chi connectivity index (χ2v) is 5.83. The molecule has 1 fully saturated rings. The lowest BCUT2D eigenvalue weighted by Crippen LogP contribution is -2.23. The van der Waals surface area contributed by atoms with E-state index in [1.54, 1.807) is 20.3 Å². The lowest BCUT2D eigenvalue weighted by atomic mass is 9.85. The van der Waals surface area contributed by atoms with Crippen LogP contribution >= 0.6 is 11.6 Å². The van der Waals surface area contributed by atoms with Crippen LogP contribution in [0.5, 0.6) is 11.5 Å². The Bertz CT molecular complexity index is 547. The Hall–Kier alpha value is -1.42. The standard InChI is InChI=1S/C15H19ClO4/c1-8(2)11-12(15(5-6-15)14(17)18)9(16)7-10(19-3)13(11)20-4/h7-8H,5-6H2,1-4H3,(H,17,18). The summed E-state index contributed by atoms with van der Waals surface area (Å²) < 4.78 is 10.7. The van der Waals surface area contributed by atoms with E-state index in [0.717, 1.165) is 5.56 Å². The minimum atomic E-state index is -0.865. The predicted octanol–water partition coefficient (Wildman–Crippen LogP) is 3.60. The largest absolute Gasteiger partial charge is 0.493 e. The number of hydrogen-bond donors (Lipinski definition) is 1. The molecule has 1 aliphatic rings. The van der Waals surface area contributed by atoms with Crippen LogP contribution in [0.4, 0.5) is 0 Å². The Morgan fingerprint density at radius 2 is 1.95 bits per heavy atom. The van der Waals surface area contributed by atoms with E-state index in [1.807, 2.05) is 13.8 Å². The highest BCUT2D eigenvalue weighted by Crippen LogP contribution is 2.56. The summed E-state index contributed by atoms with van der Waals surface area (Å²) in [5.74, 6) is 0.374. The van der Waals surface area contributed by atoms with Gasteiger partial charge in [-0.1, -0.05) is 25.4 Å². The first-order valence-corrected chi connectivity index (χ1v) is 6.95. The van der Waals surface area contributed by atoms with Gasteiger partial charge in [0.25, 0.3) is 0 Å². The van der Waals surface area contributed by atoms with Crippen LogP contribution in [0.1, 0.15) is 43.7 Å². The first-order chi connectivity index (χ1) is 9.39. The number of hydrogen-bond acceptors (Lipinski definition) is 3. The van der Waals surface area contributed by atoms with Gasteiger partial charge in [0.2, 0.25) is 0 Å². The summed E-state index contributed by atoms with van der Waals surface area (Å²) in [6, 6.07) is 1.64. The molecule has 5 heteroatoms. The molecule has 1 N–H and O–H groups in total. The van der Waals surface area contributed by atoms with Crippen molar-refractivity contribution in [3.8, 4) is 11.5 Å². The van der Waals surface area contributed by atoms with Gasteiger partial charge < -0.3 is 14.6 Å². The topological polar surface area (TPSA) is 55.8 Å². The molecule has 0 unspecified atom stereocenters. The second-order valence-electron chi connectivity index (χ2n) is 5.42. The summed E-state index contributed by atoms with van der Waals surface area (Å²) in [5, 5.41) is 9.98. The smallest absolute Gasteiger partial charge is 0.314 e. The molecule has 0 radical (unpaired) electrons. The number of carboxylic acid groups (broad SMARTS) is 1. The Balaban J connectivity index is 2.77. The SMILES string of the molecule is COc1cc(Cl)c(C2(C(=O)O)CC2)c(C(C)C)c1OC. The van der Waals surface area contributed by atoms with Crippen LogP contribution in [-0.2, 0) is 10.2 Å². The zero-order valence-electron chi connectivity index (χ0n) is 12.1. The number of rotatable bonds is 5. The van der Waals surface area contributed by atoms with Crippen molar-refractivity contribution in [3.05, 3.63) is 22.2 Å². The highest BCUT2D eigenvalue weighted by atomic mass is 35.5. The summed E-state index contributed by atoms with van der Waals surface area (Å²) in [4.78, 5) is 11.6. The maximum atomic E-state index is 11.6. The van der Waals surface area contributed by atoms with E-state index in [-0.39, 0.29) is 5.92 Å². The van der Waals surface area contributed by atoms with Gasteiger partial charge in [0.05, 0.1) is 19.6 Å². The van der Waals surface area contributed by atoms with Crippen molar-refractivity contribution in [1.29, 1.82) is 0 Å². The van der Waals surface area contributed by atoms with Crippen LogP contribution < -0.4 is 9.47 Å². The monoisotopic (exact) mass is 298 g/mol. The molecule has 1 aromatic carbocycles. The molecule has 0 atom stereocenters.